The van der Waals surface area contributed by atoms with Crippen LogP contribution in [0.3, 0.4) is 0 Å². The molecule has 18 heavy (non-hydrogen) atoms. The molecule has 0 aliphatic heterocycles. The minimum Gasteiger partial charge on any atom is -0.463 e. The van der Waals surface area contributed by atoms with Crippen molar-refractivity contribution in [2.45, 2.75) is 19.3 Å². The molecule has 0 aliphatic carbocycles. The highest BCUT2D eigenvalue weighted by Gasteiger charge is 2.23. The van der Waals surface area contributed by atoms with E-state index in [2.05, 4.69) is 5.16 Å². The summed E-state index contributed by atoms with van der Waals surface area (Å²) in [5.74, 6) is 0.394. The first kappa shape index (κ1) is 12.4. The van der Waals surface area contributed by atoms with Crippen LogP contribution in [0.2, 0.25) is 0 Å². The zero-order valence-electron chi connectivity index (χ0n) is 9.89. The second-order valence-electron chi connectivity index (χ2n) is 3.92. The Kier molecular flexibility index (Phi) is 3.78. The van der Waals surface area contributed by atoms with Crippen LogP contribution in [0.1, 0.15) is 29.0 Å². The number of hydrogen-bond donors (Lipinski definition) is 2. The quantitative estimate of drug-likeness (QED) is 0.750. The van der Waals surface area contributed by atoms with Crippen molar-refractivity contribution >= 4 is 5.91 Å². The molecule has 2 heterocycles. The molecule has 0 fully saturated rings. The standard InChI is InChI=1S/C12H15N3O3/c13-6-2-1-4-8-10(12(14)16)11(15-18-8)9-5-3-7-17-9/h3,5,7H,1-2,4,6,13H2,(H2,14,16). The van der Waals surface area contributed by atoms with Gasteiger partial charge in [0, 0.05) is 6.42 Å². The van der Waals surface area contributed by atoms with Crippen LogP contribution < -0.4 is 11.5 Å². The molecule has 0 aromatic carbocycles. The van der Waals surface area contributed by atoms with Gasteiger partial charge in [-0.2, -0.15) is 0 Å². The zero-order chi connectivity index (χ0) is 13.0. The van der Waals surface area contributed by atoms with Crippen LogP contribution in [-0.2, 0) is 6.42 Å². The summed E-state index contributed by atoms with van der Waals surface area (Å²) < 4.78 is 10.4. The fraction of sp³-hybridized carbons (Fsp3) is 0.333. The molecule has 6 nitrogen and oxygen atoms in total. The number of carbonyl (C=O) groups is 1. The van der Waals surface area contributed by atoms with E-state index in [-0.39, 0.29) is 0 Å². The Balaban J connectivity index is 2.29. The van der Waals surface area contributed by atoms with Crippen LogP contribution in [0.25, 0.3) is 11.5 Å². The predicted molar refractivity (Wildman–Crippen MR) is 64.7 cm³/mol. The molecule has 0 bridgehead atoms. The summed E-state index contributed by atoms with van der Waals surface area (Å²) in [5, 5.41) is 3.86. The fourth-order valence-corrected chi connectivity index (χ4v) is 1.76. The van der Waals surface area contributed by atoms with Crippen molar-refractivity contribution in [2.75, 3.05) is 6.54 Å². The summed E-state index contributed by atoms with van der Waals surface area (Å²) in [5.41, 5.74) is 11.4. The molecule has 2 aromatic rings. The van der Waals surface area contributed by atoms with Gasteiger partial charge in [0.2, 0.25) is 0 Å². The van der Waals surface area contributed by atoms with Crippen molar-refractivity contribution in [3.63, 3.8) is 0 Å². The van der Waals surface area contributed by atoms with Crippen LogP contribution in [0.5, 0.6) is 0 Å². The van der Waals surface area contributed by atoms with Crippen molar-refractivity contribution in [1.82, 2.24) is 5.16 Å². The average molecular weight is 249 g/mol. The van der Waals surface area contributed by atoms with Crippen LogP contribution in [-0.4, -0.2) is 17.6 Å². The van der Waals surface area contributed by atoms with E-state index in [4.69, 9.17) is 20.4 Å². The van der Waals surface area contributed by atoms with Gasteiger partial charge in [0.25, 0.3) is 5.91 Å². The molecule has 1 amide bonds. The van der Waals surface area contributed by atoms with Crippen LogP contribution in [0.15, 0.2) is 27.3 Å². The van der Waals surface area contributed by atoms with Gasteiger partial charge in [-0.15, -0.1) is 0 Å². The number of hydrogen-bond acceptors (Lipinski definition) is 5. The van der Waals surface area contributed by atoms with Gasteiger partial charge in [-0.05, 0) is 31.5 Å². The third kappa shape index (κ3) is 2.43. The Morgan fingerprint density at radius 1 is 1.39 bits per heavy atom. The smallest absolute Gasteiger partial charge is 0.254 e. The van der Waals surface area contributed by atoms with Gasteiger partial charge in [-0.1, -0.05) is 5.16 Å². The molecule has 2 rings (SSSR count). The van der Waals surface area contributed by atoms with Crippen molar-refractivity contribution in [1.29, 1.82) is 0 Å². The molecule has 2 aromatic heterocycles. The van der Waals surface area contributed by atoms with Crippen LogP contribution in [0, 0.1) is 0 Å². The maximum Gasteiger partial charge on any atom is 0.254 e. The number of aryl methyl sites for hydroxylation is 1. The van der Waals surface area contributed by atoms with E-state index in [1.165, 1.54) is 6.26 Å². The molecular formula is C12H15N3O3. The lowest BCUT2D eigenvalue weighted by Gasteiger charge is -1.98. The summed E-state index contributed by atoms with van der Waals surface area (Å²) in [4.78, 5) is 11.5. The third-order valence-electron chi connectivity index (χ3n) is 2.62. The van der Waals surface area contributed by atoms with E-state index < -0.39 is 5.91 Å². The normalized spacial score (nSPS) is 10.7. The Morgan fingerprint density at radius 2 is 2.22 bits per heavy atom. The highest BCUT2D eigenvalue weighted by Crippen LogP contribution is 2.26. The van der Waals surface area contributed by atoms with Crippen LogP contribution >= 0.6 is 0 Å². The van der Waals surface area contributed by atoms with E-state index in [1.807, 2.05) is 0 Å². The number of rotatable bonds is 6. The number of carbonyl (C=O) groups excluding carboxylic acids is 1. The number of amides is 1. The van der Waals surface area contributed by atoms with Crippen molar-refractivity contribution in [3.05, 3.63) is 29.7 Å². The van der Waals surface area contributed by atoms with Gasteiger partial charge < -0.3 is 20.4 Å². The molecular weight excluding hydrogens is 234 g/mol. The Bertz CT molecular complexity index is 517. The summed E-state index contributed by atoms with van der Waals surface area (Å²) in [6.45, 7) is 0.602. The SMILES string of the molecule is NCCCCc1onc(-c2ccco2)c1C(N)=O. The minimum atomic E-state index is -0.564. The number of unbranched alkanes of at least 4 members (excludes halogenated alkanes) is 1. The Hall–Kier alpha value is -2.08. The largest absolute Gasteiger partial charge is 0.463 e. The summed E-state index contributed by atoms with van der Waals surface area (Å²) in [6, 6.07) is 3.41. The first-order chi connectivity index (χ1) is 8.74. The molecule has 0 aliphatic rings. The molecule has 6 heteroatoms. The second kappa shape index (κ2) is 5.50. The maximum atomic E-state index is 11.5. The minimum absolute atomic E-state index is 0.293. The van der Waals surface area contributed by atoms with Gasteiger partial charge in [0.05, 0.1) is 6.26 Å². The van der Waals surface area contributed by atoms with Gasteiger partial charge in [-0.25, -0.2) is 0 Å². The van der Waals surface area contributed by atoms with E-state index in [0.29, 0.717) is 35.7 Å². The van der Waals surface area contributed by atoms with Crippen molar-refractivity contribution < 1.29 is 13.7 Å². The highest BCUT2D eigenvalue weighted by atomic mass is 16.5. The lowest BCUT2D eigenvalue weighted by atomic mass is 10.1. The molecule has 0 unspecified atom stereocenters. The summed E-state index contributed by atoms with van der Waals surface area (Å²) >= 11 is 0. The lowest BCUT2D eigenvalue weighted by molar-refractivity contribution is 0.0998. The van der Waals surface area contributed by atoms with Gasteiger partial charge in [0.1, 0.15) is 11.3 Å². The first-order valence-corrected chi connectivity index (χ1v) is 5.76. The van der Waals surface area contributed by atoms with E-state index >= 15 is 0 Å². The number of aromatic nitrogens is 1. The molecule has 0 atom stereocenters. The van der Waals surface area contributed by atoms with E-state index in [9.17, 15) is 4.79 Å². The third-order valence-corrected chi connectivity index (χ3v) is 2.62. The Morgan fingerprint density at radius 3 is 2.83 bits per heavy atom. The molecule has 0 saturated carbocycles. The van der Waals surface area contributed by atoms with Crippen molar-refractivity contribution in [3.8, 4) is 11.5 Å². The van der Waals surface area contributed by atoms with E-state index in [1.54, 1.807) is 12.1 Å². The Labute approximate surface area is 104 Å². The topological polar surface area (TPSA) is 108 Å². The average Bonchev–Trinajstić information content (AvgIpc) is 2.97. The fourth-order valence-electron chi connectivity index (χ4n) is 1.76. The van der Waals surface area contributed by atoms with Gasteiger partial charge in [0.15, 0.2) is 11.5 Å². The highest BCUT2D eigenvalue weighted by molar-refractivity contribution is 5.99. The van der Waals surface area contributed by atoms with Gasteiger partial charge in [-0.3, -0.25) is 4.79 Å². The number of primary amides is 1. The first-order valence-electron chi connectivity index (χ1n) is 5.76. The molecule has 4 N–H and O–H groups in total. The lowest BCUT2D eigenvalue weighted by Crippen LogP contribution is -2.13. The maximum absolute atomic E-state index is 11.5. The number of furan rings is 1. The van der Waals surface area contributed by atoms with Crippen molar-refractivity contribution in [2.24, 2.45) is 11.5 Å². The number of nitrogens with two attached hydrogens (primary N) is 2. The second-order valence-corrected chi connectivity index (χ2v) is 3.92. The predicted octanol–water partition coefficient (Wildman–Crippen LogP) is 1.31. The van der Waals surface area contributed by atoms with E-state index in [0.717, 1.165) is 12.8 Å². The molecule has 96 valence electrons. The van der Waals surface area contributed by atoms with Gasteiger partial charge >= 0.3 is 0 Å². The summed E-state index contributed by atoms with van der Waals surface area (Å²) in [6.07, 6.45) is 3.77. The molecule has 0 radical (unpaired) electrons. The zero-order valence-corrected chi connectivity index (χ0v) is 9.89. The summed E-state index contributed by atoms with van der Waals surface area (Å²) in [7, 11) is 0. The monoisotopic (exact) mass is 249 g/mol. The van der Waals surface area contributed by atoms with Crippen LogP contribution in [0.4, 0.5) is 0 Å². The molecule has 0 spiro atoms. The number of nitrogens with zero attached hydrogens (tertiary/aromatic N) is 1. The molecule has 0 saturated heterocycles.